The zero-order chi connectivity index (χ0) is 4.28. The molecule has 0 rings (SSSR count). The first-order chi connectivity index (χ1) is 2.27. The van der Waals surface area contributed by atoms with Crippen molar-refractivity contribution in [1.29, 1.82) is 0 Å². The fourth-order valence-electron chi connectivity index (χ4n) is 0. The van der Waals surface area contributed by atoms with E-state index >= 15 is 0 Å². The lowest BCUT2D eigenvalue weighted by atomic mass is 10.5. The van der Waals surface area contributed by atoms with Crippen molar-refractivity contribution in [3.8, 4) is 0 Å². The van der Waals surface area contributed by atoms with Crippen LogP contribution in [0, 0.1) is 0 Å². The average molecular weight is 76.1 g/mol. The van der Waals surface area contributed by atoms with Crippen LogP contribution in [0.5, 0.6) is 0 Å². The molecule has 0 aliphatic carbocycles. The van der Waals surface area contributed by atoms with Crippen LogP contribution in [0.15, 0.2) is 0 Å². The molecule has 0 aliphatic heterocycles. The zero-order valence-corrected chi connectivity index (χ0v) is 3.69. The normalized spacial score (nSPS) is 9.60. The van der Waals surface area contributed by atoms with Gasteiger partial charge in [-0.05, 0) is 13.8 Å². The molecular weight excluding hydrogens is 66.0 g/mol. The Morgan fingerprint density at radius 3 is 1.80 bits per heavy atom. The summed E-state index contributed by atoms with van der Waals surface area (Å²) in [5, 5.41) is 0. The highest BCUT2D eigenvalue weighted by molar-refractivity contribution is 4.23. The summed E-state index contributed by atoms with van der Waals surface area (Å²) in [6.07, 6.45) is 0.273. The highest BCUT2D eigenvalue weighted by Crippen LogP contribution is 1.72. The van der Waals surface area contributed by atoms with Gasteiger partial charge in [0.1, 0.15) is 6.10 Å². The Morgan fingerprint density at radius 1 is 1.60 bits per heavy atom. The molecule has 0 aromatic rings. The summed E-state index contributed by atoms with van der Waals surface area (Å²) in [5.74, 6) is 3.19. The average Bonchev–Trinajstić information content (AvgIpc) is 1.38. The van der Waals surface area contributed by atoms with Crippen molar-refractivity contribution in [3.05, 3.63) is 0 Å². The molecule has 0 saturated carbocycles. The van der Waals surface area contributed by atoms with Crippen LogP contribution in [-0.4, -0.2) is 6.10 Å². The summed E-state index contributed by atoms with van der Waals surface area (Å²) in [7, 11) is 0. The second-order valence-electron chi connectivity index (χ2n) is 1.22. The molecule has 0 aromatic heterocycles. The van der Waals surface area contributed by atoms with Gasteiger partial charge in [-0.1, -0.05) is 0 Å². The Bertz CT molecular complexity index is 20.9. The molecule has 2 heteroatoms. The van der Waals surface area contributed by atoms with Crippen molar-refractivity contribution < 1.29 is 10.7 Å². The van der Waals surface area contributed by atoms with Gasteiger partial charge in [-0.15, -0.1) is 0 Å². The summed E-state index contributed by atoms with van der Waals surface area (Å²) in [5.41, 5.74) is 0. The van der Waals surface area contributed by atoms with Gasteiger partial charge in [0.25, 0.3) is 0 Å². The second kappa shape index (κ2) is 2.18. The maximum atomic E-state index is 4.50. The third-order valence-electron chi connectivity index (χ3n) is 0.333. The van der Waals surface area contributed by atoms with Crippen LogP contribution in [0.4, 0.5) is 0 Å². The molecule has 3 N–H and O–H groups in total. The predicted octanol–water partition coefficient (Wildman–Crippen LogP) is -0.432. The van der Waals surface area contributed by atoms with E-state index in [1.165, 1.54) is 0 Å². The van der Waals surface area contributed by atoms with Gasteiger partial charge in [0.2, 0.25) is 0 Å². The van der Waals surface area contributed by atoms with E-state index in [9.17, 15) is 0 Å². The Labute approximate surface area is 31.9 Å². The zero-order valence-electron chi connectivity index (χ0n) is 3.69. The third-order valence-corrected chi connectivity index (χ3v) is 0.333. The van der Waals surface area contributed by atoms with Gasteiger partial charge in [-0.2, -0.15) is 0 Å². The van der Waals surface area contributed by atoms with E-state index in [4.69, 9.17) is 0 Å². The fourth-order valence-corrected chi connectivity index (χ4v) is 0. The van der Waals surface area contributed by atoms with E-state index in [0.29, 0.717) is 0 Å². The van der Waals surface area contributed by atoms with E-state index in [0.717, 1.165) is 0 Å². The molecule has 5 heavy (non-hydrogen) atoms. The van der Waals surface area contributed by atoms with Gasteiger partial charge in [0.15, 0.2) is 0 Å². The molecule has 0 amide bonds. The van der Waals surface area contributed by atoms with Gasteiger partial charge in [-0.25, -0.2) is 10.7 Å². The van der Waals surface area contributed by atoms with Crippen LogP contribution in [0.2, 0.25) is 0 Å². The smallest absolute Gasteiger partial charge is 0.111 e. The largest absolute Gasteiger partial charge is 0.213 e. The lowest BCUT2D eigenvalue weighted by Gasteiger charge is -1.89. The van der Waals surface area contributed by atoms with E-state index < -0.39 is 0 Å². The van der Waals surface area contributed by atoms with E-state index in [2.05, 4.69) is 10.7 Å². The highest BCUT2D eigenvalue weighted by Gasteiger charge is 1.83. The lowest BCUT2D eigenvalue weighted by molar-refractivity contribution is -0.700. The van der Waals surface area contributed by atoms with E-state index in [1.807, 2.05) is 13.8 Å². The molecule has 0 aliphatic rings. The van der Waals surface area contributed by atoms with E-state index in [1.54, 1.807) is 0 Å². The van der Waals surface area contributed by atoms with Gasteiger partial charge < -0.3 is 0 Å². The molecule has 0 heterocycles. The Balaban J connectivity index is 2.54. The second-order valence-corrected chi connectivity index (χ2v) is 1.22. The first-order valence-corrected chi connectivity index (χ1v) is 1.68. The lowest BCUT2D eigenvalue weighted by Crippen LogP contribution is -2.51. The molecule has 0 spiro atoms. The van der Waals surface area contributed by atoms with Crippen molar-refractivity contribution in [1.82, 2.24) is 0 Å². The Hall–Kier alpha value is -0.0800. The van der Waals surface area contributed by atoms with Crippen molar-refractivity contribution in [2.45, 2.75) is 20.0 Å². The third kappa shape index (κ3) is 3.92. The van der Waals surface area contributed by atoms with Crippen molar-refractivity contribution in [3.63, 3.8) is 0 Å². The summed E-state index contributed by atoms with van der Waals surface area (Å²) < 4.78 is 0. The molecule has 0 atom stereocenters. The molecule has 0 saturated heterocycles. The molecule has 0 unspecified atom stereocenters. The van der Waals surface area contributed by atoms with Crippen LogP contribution in [0.1, 0.15) is 13.8 Å². The first kappa shape index (κ1) is 4.92. The summed E-state index contributed by atoms with van der Waals surface area (Å²) in [6, 6.07) is 0. The SMILES string of the molecule is CC(C)O[NH3+]. The topological polar surface area (TPSA) is 36.9 Å². The van der Waals surface area contributed by atoms with Crippen LogP contribution in [-0.2, 0) is 4.84 Å². The monoisotopic (exact) mass is 76.1 g/mol. The maximum Gasteiger partial charge on any atom is 0.111 e. The molecular formula is C3H10NO+. The van der Waals surface area contributed by atoms with Crippen molar-refractivity contribution in [2.75, 3.05) is 0 Å². The fraction of sp³-hybridized carbons (Fsp3) is 1.00. The number of quaternary nitrogens is 1. The highest BCUT2D eigenvalue weighted by atomic mass is 16.6. The Morgan fingerprint density at radius 2 is 1.80 bits per heavy atom. The summed E-state index contributed by atoms with van der Waals surface area (Å²) in [4.78, 5) is 4.50. The quantitative estimate of drug-likeness (QED) is 0.423. The van der Waals surface area contributed by atoms with Crippen LogP contribution in [0.25, 0.3) is 0 Å². The maximum absolute atomic E-state index is 4.50. The van der Waals surface area contributed by atoms with Gasteiger partial charge in [0.05, 0.1) is 0 Å². The number of hydrogen-bond acceptors (Lipinski definition) is 1. The molecule has 0 aromatic carbocycles. The minimum absolute atomic E-state index is 0.273. The van der Waals surface area contributed by atoms with Crippen LogP contribution >= 0.6 is 0 Å². The minimum atomic E-state index is 0.273. The van der Waals surface area contributed by atoms with Gasteiger partial charge in [0, 0.05) is 0 Å². The molecule has 0 bridgehead atoms. The summed E-state index contributed by atoms with van der Waals surface area (Å²) >= 11 is 0. The van der Waals surface area contributed by atoms with Crippen molar-refractivity contribution in [2.24, 2.45) is 0 Å². The molecule has 0 radical (unpaired) electrons. The number of hydrogen-bond donors (Lipinski definition) is 1. The van der Waals surface area contributed by atoms with Crippen LogP contribution < -0.4 is 5.90 Å². The van der Waals surface area contributed by atoms with Crippen molar-refractivity contribution >= 4 is 0 Å². The first-order valence-electron chi connectivity index (χ1n) is 1.68. The van der Waals surface area contributed by atoms with Crippen LogP contribution in [0.3, 0.4) is 0 Å². The summed E-state index contributed by atoms with van der Waals surface area (Å²) in [6.45, 7) is 3.88. The molecule has 2 nitrogen and oxygen atoms in total. The predicted molar refractivity (Wildman–Crippen MR) is 19.1 cm³/mol. The van der Waals surface area contributed by atoms with E-state index in [-0.39, 0.29) is 6.10 Å². The van der Waals surface area contributed by atoms with Gasteiger partial charge in [-0.3, -0.25) is 0 Å². The van der Waals surface area contributed by atoms with Gasteiger partial charge >= 0.3 is 0 Å². The molecule has 0 fully saturated rings. The Kier molecular flexibility index (Phi) is 2.14. The molecule has 32 valence electrons. The minimum Gasteiger partial charge on any atom is -0.213 e. The standard InChI is InChI=1S/C3H10NO/c1-3(2)5-4/h3H,1-2,4H3/q+1. The number of rotatable bonds is 1.